The van der Waals surface area contributed by atoms with E-state index in [9.17, 15) is 13.5 Å². The first-order valence-electron chi connectivity index (χ1n) is 9.16. The Morgan fingerprint density at radius 3 is 2.16 bits per heavy atom. The molecule has 6 heteroatoms. The summed E-state index contributed by atoms with van der Waals surface area (Å²) < 4.78 is 26.7. The zero-order chi connectivity index (χ0) is 18.7. The van der Waals surface area contributed by atoms with Crippen LogP contribution in [0, 0.1) is 5.92 Å². The van der Waals surface area contributed by atoms with Crippen LogP contribution in [0.25, 0.3) is 0 Å². The van der Waals surface area contributed by atoms with E-state index in [2.05, 4.69) is 10.0 Å². The zero-order valence-corrected chi connectivity index (χ0v) is 16.6. The van der Waals surface area contributed by atoms with Crippen LogP contribution in [-0.4, -0.2) is 31.4 Å². The minimum Gasteiger partial charge on any atom is -0.386 e. The predicted octanol–water partition coefficient (Wildman–Crippen LogP) is 3.21. The highest BCUT2D eigenvalue weighted by molar-refractivity contribution is 7.90. The van der Waals surface area contributed by atoms with Gasteiger partial charge in [-0.3, -0.25) is 0 Å². The van der Waals surface area contributed by atoms with Crippen molar-refractivity contribution in [2.75, 3.05) is 11.9 Å². The molecular formula is C19H32N2O3S. The fraction of sp³-hybridized carbons (Fsp3) is 0.684. The van der Waals surface area contributed by atoms with Crippen LogP contribution in [-0.2, 0) is 15.6 Å². The van der Waals surface area contributed by atoms with Gasteiger partial charge in [0.2, 0.25) is 10.0 Å². The third-order valence-corrected chi connectivity index (χ3v) is 6.89. The quantitative estimate of drug-likeness (QED) is 0.690. The topological polar surface area (TPSA) is 78.4 Å². The molecular weight excluding hydrogens is 336 g/mol. The fourth-order valence-corrected chi connectivity index (χ4v) is 4.08. The lowest BCUT2D eigenvalue weighted by molar-refractivity contribution is 0.0786. The van der Waals surface area contributed by atoms with Crippen molar-refractivity contribution >= 4 is 15.7 Å². The van der Waals surface area contributed by atoms with Crippen molar-refractivity contribution in [1.82, 2.24) is 4.72 Å². The maximum absolute atomic E-state index is 11.9. The molecule has 0 saturated heterocycles. The van der Waals surface area contributed by atoms with Gasteiger partial charge in [-0.25, -0.2) is 13.1 Å². The van der Waals surface area contributed by atoms with Crippen molar-refractivity contribution in [2.45, 2.75) is 70.3 Å². The number of aliphatic hydroxyl groups is 1. The lowest BCUT2D eigenvalue weighted by Gasteiger charge is -2.29. The number of rotatable bonds is 7. The molecule has 5 nitrogen and oxygen atoms in total. The molecule has 2 rings (SSSR count). The SMILES string of the molecule is CC(C)S(=O)(=O)NC1CCC(CNc2ccc(C(C)(C)O)cc2)CC1. The zero-order valence-electron chi connectivity index (χ0n) is 15.7. The van der Waals surface area contributed by atoms with Gasteiger partial charge < -0.3 is 10.4 Å². The Hall–Kier alpha value is -1.11. The van der Waals surface area contributed by atoms with Crippen LogP contribution in [0.2, 0.25) is 0 Å². The molecule has 0 radical (unpaired) electrons. The summed E-state index contributed by atoms with van der Waals surface area (Å²) in [5.74, 6) is 0.564. The van der Waals surface area contributed by atoms with E-state index in [-0.39, 0.29) is 11.3 Å². The van der Waals surface area contributed by atoms with Gasteiger partial charge in [-0.2, -0.15) is 0 Å². The average molecular weight is 369 g/mol. The van der Waals surface area contributed by atoms with E-state index in [0.717, 1.165) is 43.5 Å². The normalized spacial score (nSPS) is 22.2. The van der Waals surface area contributed by atoms with Crippen LogP contribution in [0.4, 0.5) is 5.69 Å². The summed E-state index contributed by atoms with van der Waals surface area (Å²) in [7, 11) is -3.17. The number of hydrogen-bond acceptors (Lipinski definition) is 4. The number of nitrogens with one attached hydrogen (secondary N) is 2. The van der Waals surface area contributed by atoms with E-state index in [1.165, 1.54) is 0 Å². The maximum Gasteiger partial charge on any atom is 0.214 e. The van der Waals surface area contributed by atoms with E-state index >= 15 is 0 Å². The van der Waals surface area contributed by atoms with Crippen LogP contribution in [0.5, 0.6) is 0 Å². The highest BCUT2D eigenvalue weighted by Crippen LogP contribution is 2.26. The Bertz CT molecular complexity index is 640. The molecule has 0 aliphatic heterocycles. The first-order valence-corrected chi connectivity index (χ1v) is 10.7. The maximum atomic E-state index is 11.9. The second kappa shape index (κ2) is 8.06. The Morgan fingerprint density at radius 1 is 1.12 bits per heavy atom. The van der Waals surface area contributed by atoms with E-state index in [1.807, 2.05) is 24.3 Å². The van der Waals surface area contributed by atoms with Gasteiger partial charge in [0.1, 0.15) is 0 Å². The fourth-order valence-electron chi connectivity index (χ4n) is 3.11. The molecule has 142 valence electrons. The summed E-state index contributed by atoms with van der Waals surface area (Å²) in [5.41, 5.74) is 1.13. The van der Waals surface area contributed by atoms with Crippen molar-refractivity contribution < 1.29 is 13.5 Å². The van der Waals surface area contributed by atoms with Gasteiger partial charge in [0.05, 0.1) is 10.9 Å². The van der Waals surface area contributed by atoms with Crippen LogP contribution in [0.3, 0.4) is 0 Å². The Balaban J connectivity index is 1.77. The summed E-state index contributed by atoms with van der Waals surface area (Å²) in [6, 6.07) is 7.96. The number of anilines is 1. The van der Waals surface area contributed by atoms with Gasteiger partial charge in [-0.05, 0) is 77.0 Å². The average Bonchev–Trinajstić information content (AvgIpc) is 2.53. The van der Waals surface area contributed by atoms with E-state index < -0.39 is 15.6 Å². The molecule has 0 aromatic heterocycles. The van der Waals surface area contributed by atoms with Gasteiger partial charge in [-0.1, -0.05) is 12.1 Å². The van der Waals surface area contributed by atoms with Crippen LogP contribution < -0.4 is 10.0 Å². The van der Waals surface area contributed by atoms with Crippen LogP contribution in [0.1, 0.15) is 58.9 Å². The van der Waals surface area contributed by atoms with Crippen molar-refractivity contribution in [2.24, 2.45) is 5.92 Å². The second-order valence-corrected chi connectivity index (χ2v) is 10.2. The third-order valence-electron chi connectivity index (χ3n) is 4.98. The predicted molar refractivity (Wildman–Crippen MR) is 103 cm³/mol. The Morgan fingerprint density at radius 2 is 1.68 bits per heavy atom. The molecule has 1 saturated carbocycles. The van der Waals surface area contributed by atoms with Gasteiger partial charge in [0, 0.05) is 18.3 Å². The van der Waals surface area contributed by atoms with E-state index in [4.69, 9.17) is 0 Å². The first kappa shape index (κ1) is 20.2. The molecule has 0 heterocycles. The lowest BCUT2D eigenvalue weighted by Crippen LogP contribution is -2.41. The molecule has 1 aromatic carbocycles. The van der Waals surface area contributed by atoms with Crippen molar-refractivity contribution in [1.29, 1.82) is 0 Å². The summed E-state index contributed by atoms with van der Waals surface area (Å²) in [5, 5.41) is 13.1. The summed E-state index contributed by atoms with van der Waals surface area (Å²) >= 11 is 0. The largest absolute Gasteiger partial charge is 0.386 e. The minimum absolute atomic E-state index is 0.0784. The molecule has 1 aliphatic carbocycles. The number of hydrogen-bond donors (Lipinski definition) is 3. The second-order valence-electron chi connectivity index (χ2n) is 7.95. The number of benzene rings is 1. The van der Waals surface area contributed by atoms with Gasteiger partial charge in [0.25, 0.3) is 0 Å². The molecule has 0 amide bonds. The van der Waals surface area contributed by atoms with Crippen LogP contribution >= 0.6 is 0 Å². The van der Waals surface area contributed by atoms with Gasteiger partial charge in [-0.15, -0.1) is 0 Å². The van der Waals surface area contributed by atoms with Crippen molar-refractivity contribution in [3.05, 3.63) is 29.8 Å². The molecule has 0 atom stereocenters. The minimum atomic E-state index is -3.17. The molecule has 25 heavy (non-hydrogen) atoms. The molecule has 1 aromatic rings. The smallest absolute Gasteiger partial charge is 0.214 e. The van der Waals surface area contributed by atoms with Gasteiger partial charge in [0.15, 0.2) is 0 Å². The molecule has 1 aliphatic rings. The third kappa shape index (κ3) is 5.97. The van der Waals surface area contributed by atoms with Crippen LogP contribution in [0.15, 0.2) is 24.3 Å². The summed E-state index contributed by atoms with van der Waals surface area (Å²) in [4.78, 5) is 0. The lowest BCUT2D eigenvalue weighted by atomic mass is 9.86. The van der Waals surface area contributed by atoms with Crippen molar-refractivity contribution in [3.8, 4) is 0 Å². The number of sulfonamides is 1. The Labute approximate surface area is 152 Å². The van der Waals surface area contributed by atoms with E-state index in [0.29, 0.717) is 5.92 Å². The van der Waals surface area contributed by atoms with Crippen molar-refractivity contribution in [3.63, 3.8) is 0 Å². The van der Waals surface area contributed by atoms with E-state index in [1.54, 1.807) is 27.7 Å². The molecule has 0 unspecified atom stereocenters. The molecule has 0 spiro atoms. The molecule has 1 fully saturated rings. The monoisotopic (exact) mass is 368 g/mol. The molecule has 0 bridgehead atoms. The van der Waals surface area contributed by atoms with Gasteiger partial charge >= 0.3 is 0 Å². The summed E-state index contributed by atoms with van der Waals surface area (Å²) in [6.07, 6.45) is 3.85. The molecule has 3 N–H and O–H groups in total. The highest BCUT2D eigenvalue weighted by atomic mass is 32.2. The summed E-state index contributed by atoms with van der Waals surface area (Å²) in [6.45, 7) is 7.87. The first-order chi connectivity index (χ1) is 11.6. The Kier molecular flexibility index (Phi) is 6.51. The standard InChI is InChI=1S/C19H32N2O3S/c1-14(2)25(23,24)21-18-9-5-15(6-10-18)13-20-17-11-7-16(8-12-17)19(3,4)22/h7-8,11-12,14-15,18,20-22H,5-6,9-10,13H2,1-4H3. The highest BCUT2D eigenvalue weighted by Gasteiger charge is 2.26.